The van der Waals surface area contributed by atoms with Crippen molar-refractivity contribution in [2.75, 3.05) is 12.4 Å². The normalized spacial score (nSPS) is 9.40. The summed E-state index contributed by atoms with van der Waals surface area (Å²) in [5.41, 5.74) is -0.269. The molecule has 0 unspecified atom stereocenters. The highest BCUT2D eigenvalue weighted by atomic mass is 32.2. The summed E-state index contributed by atoms with van der Waals surface area (Å²) in [6.07, 6.45) is 0. The maximum absolute atomic E-state index is 10.8. The molecule has 1 N–H and O–H groups in total. The molecular formula is C7H7N5O2S. The number of anilines is 1. The first-order valence-electron chi connectivity index (χ1n) is 3.87. The highest BCUT2D eigenvalue weighted by Crippen LogP contribution is 2.31. The summed E-state index contributed by atoms with van der Waals surface area (Å²) in [7, 11) is 1.52. The van der Waals surface area contributed by atoms with Crippen LogP contribution >= 0.6 is 11.8 Å². The highest BCUT2D eigenvalue weighted by molar-refractivity contribution is 8.03. The second kappa shape index (κ2) is 4.56. The third-order valence-corrected chi connectivity index (χ3v) is 2.09. The lowest BCUT2D eigenvalue weighted by molar-refractivity contribution is -0.387. The number of rotatable bonds is 3. The third kappa shape index (κ3) is 2.32. The summed E-state index contributed by atoms with van der Waals surface area (Å²) in [4.78, 5) is 17.9. The number of thioether (sulfide) groups is 1. The summed E-state index contributed by atoms with van der Waals surface area (Å²) in [6, 6.07) is 0. The van der Waals surface area contributed by atoms with E-state index in [9.17, 15) is 10.1 Å². The quantitative estimate of drug-likeness (QED) is 0.272. The number of hydrogen-bond acceptors (Lipinski definition) is 7. The van der Waals surface area contributed by atoms with Gasteiger partial charge in [-0.05, 0) is 6.92 Å². The Morgan fingerprint density at radius 2 is 2.27 bits per heavy atom. The van der Waals surface area contributed by atoms with E-state index in [4.69, 9.17) is 5.26 Å². The minimum absolute atomic E-state index is 0.0550. The molecule has 0 bridgehead atoms. The van der Waals surface area contributed by atoms with Gasteiger partial charge in [-0.3, -0.25) is 10.1 Å². The zero-order valence-corrected chi connectivity index (χ0v) is 8.83. The van der Waals surface area contributed by atoms with Crippen LogP contribution in [0.4, 0.5) is 11.5 Å². The maximum atomic E-state index is 10.8. The standard InChI is InChI=1S/C7H7N5O2S/c1-4-10-6(9-2)5(12(13)14)7(11-4)15-3-8/h1-2H3,(H,9,10,11). The lowest BCUT2D eigenvalue weighted by Gasteiger charge is -2.04. The number of nitrogens with one attached hydrogen (secondary N) is 1. The Balaban J connectivity index is 3.41. The molecule has 0 aliphatic heterocycles. The number of aromatic nitrogens is 2. The smallest absolute Gasteiger partial charge is 0.344 e. The van der Waals surface area contributed by atoms with Crippen molar-refractivity contribution in [1.29, 1.82) is 5.26 Å². The van der Waals surface area contributed by atoms with Gasteiger partial charge in [0.1, 0.15) is 11.2 Å². The molecule has 0 saturated heterocycles. The summed E-state index contributed by atoms with van der Waals surface area (Å²) in [5, 5.41) is 23.6. The number of hydrogen-bond donors (Lipinski definition) is 1. The van der Waals surface area contributed by atoms with E-state index in [0.717, 1.165) is 0 Å². The molecule has 0 aliphatic carbocycles. The number of thiocyanates is 1. The van der Waals surface area contributed by atoms with Crippen LogP contribution in [0.3, 0.4) is 0 Å². The fourth-order valence-electron chi connectivity index (χ4n) is 0.994. The van der Waals surface area contributed by atoms with Crippen molar-refractivity contribution in [2.45, 2.75) is 11.9 Å². The fourth-order valence-corrected chi connectivity index (χ4v) is 1.53. The molecule has 0 aliphatic rings. The van der Waals surface area contributed by atoms with E-state index in [1.807, 2.05) is 0 Å². The van der Waals surface area contributed by atoms with Gasteiger partial charge in [0.25, 0.3) is 0 Å². The molecule has 1 rings (SSSR count). The summed E-state index contributed by atoms with van der Waals surface area (Å²) < 4.78 is 0. The van der Waals surface area contributed by atoms with E-state index in [-0.39, 0.29) is 16.5 Å². The van der Waals surface area contributed by atoms with Crippen molar-refractivity contribution in [2.24, 2.45) is 0 Å². The molecule has 1 aromatic heterocycles. The predicted molar refractivity (Wildman–Crippen MR) is 54.4 cm³/mol. The molecule has 0 radical (unpaired) electrons. The number of aryl methyl sites for hydroxylation is 1. The number of nitrogens with zero attached hydrogens (tertiary/aromatic N) is 4. The van der Waals surface area contributed by atoms with Crippen molar-refractivity contribution >= 4 is 23.3 Å². The number of nitriles is 1. The fraction of sp³-hybridized carbons (Fsp3) is 0.286. The van der Waals surface area contributed by atoms with E-state index in [2.05, 4.69) is 15.3 Å². The molecule has 7 nitrogen and oxygen atoms in total. The van der Waals surface area contributed by atoms with Gasteiger partial charge >= 0.3 is 5.69 Å². The molecule has 78 valence electrons. The molecule has 0 saturated carbocycles. The molecule has 15 heavy (non-hydrogen) atoms. The zero-order chi connectivity index (χ0) is 11.4. The Kier molecular flexibility index (Phi) is 3.41. The molecule has 0 fully saturated rings. The van der Waals surface area contributed by atoms with Gasteiger partial charge in [0, 0.05) is 18.8 Å². The Hall–Kier alpha value is -1.88. The van der Waals surface area contributed by atoms with Crippen molar-refractivity contribution in [1.82, 2.24) is 9.97 Å². The molecule has 1 heterocycles. The van der Waals surface area contributed by atoms with Crippen LogP contribution in [0.1, 0.15) is 5.82 Å². The second-order valence-corrected chi connectivity index (χ2v) is 3.25. The van der Waals surface area contributed by atoms with Gasteiger partial charge in [-0.2, -0.15) is 5.26 Å². The minimum atomic E-state index is -0.606. The summed E-state index contributed by atoms with van der Waals surface area (Å²) >= 11 is 0.647. The zero-order valence-electron chi connectivity index (χ0n) is 8.01. The van der Waals surface area contributed by atoms with Crippen LogP contribution in [0.15, 0.2) is 5.03 Å². The van der Waals surface area contributed by atoms with Crippen molar-refractivity contribution in [3.05, 3.63) is 15.9 Å². The van der Waals surface area contributed by atoms with Gasteiger partial charge in [-0.15, -0.1) is 0 Å². The Bertz CT molecular complexity index is 442. The van der Waals surface area contributed by atoms with Crippen molar-refractivity contribution in [3.63, 3.8) is 0 Å². The second-order valence-electron chi connectivity index (χ2n) is 2.47. The Labute approximate surface area is 89.7 Å². The van der Waals surface area contributed by atoms with Crippen LogP contribution in [-0.4, -0.2) is 21.9 Å². The van der Waals surface area contributed by atoms with Gasteiger partial charge in [0.15, 0.2) is 5.03 Å². The Morgan fingerprint density at radius 1 is 1.60 bits per heavy atom. The third-order valence-electron chi connectivity index (χ3n) is 1.53. The molecular weight excluding hydrogens is 218 g/mol. The topological polar surface area (TPSA) is 105 Å². The molecule has 1 aromatic rings. The first-order valence-corrected chi connectivity index (χ1v) is 4.68. The van der Waals surface area contributed by atoms with Gasteiger partial charge < -0.3 is 5.32 Å². The van der Waals surface area contributed by atoms with Gasteiger partial charge in [-0.25, -0.2) is 9.97 Å². The average Bonchev–Trinajstić information content (AvgIpc) is 2.16. The molecule has 0 spiro atoms. The lowest BCUT2D eigenvalue weighted by Crippen LogP contribution is -2.04. The van der Waals surface area contributed by atoms with E-state index in [1.54, 1.807) is 12.3 Å². The van der Waals surface area contributed by atoms with Crippen LogP contribution in [0.25, 0.3) is 0 Å². The van der Waals surface area contributed by atoms with Gasteiger partial charge in [0.2, 0.25) is 5.82 Å². The van der Waals surface area contributed by atoms with Crippen LogP contribution in [0.2, 0.25) is 0 Å². The van der Waals surface area contributed by atoms with E-state index < -0.39 is 4.92 Å². The lowest BCUT2D eigenvalue weighted by atomic mass is 10.4. The molecule has 8 heteroatoms. The van der Waals surface area contributed by atoms with Crippen LogP contribution in [-0.2, 0) is 0 Å². The van der Waals surface area contributed by atoms with Gasteiger partial charge in [-0.1, -0.05) is 0 Å². The first-order chi connectivity index (χ1) is 7.10. The van der Waals surface area contributed by atoms with Crippen LogP contribution in [0, 0.1) is 27.7 Å². The molecule has 0 aromatic carbocycles. The molecule has 0 atom stereocenters. The SMILES string of the molecule is CNc1nc(C)nc(SC#N)c1[N+](=O)[O-]. The minimum Gasteiger partial charge on any atom is -0.367 e. The summed E-state index contributed by atoms with van der Waals surface area (Å²) in [6.45, 7) is 1.60. The monoisotopic (exact) mass is 225 g/mol. The van der Waals surface area contributed by atoms with Gasteiger partial charge in [0.05, 0.1) is 4.92 Å². The summed E-state index contributed by atoms with van der Waals surface area (Å²) in [5.74, 6) is 0.493. The first kappa shape index (κ1) is 11.2. The average molecular weight is 225 g/mol. The van der Waals surface area contributed by atoms with Crippen LogP contribution < -0.4 is 5.32 Å². The van der Waals surface area contributed by atoms with E-state index in [1.165, 1.54) is 7.05 Å². The maximum Gasteiger partial charge on any atom is 0.344 e. The van der Waals surface area contributed by atoms with E-state index in [0.29, 0.717) is 17.6 Å². The van der Waals surface area contributed by atoms with Crippen LogP contribution in [0.5, 0.6) is 0 Å². The predicted octanol–water partition coefficient (Wildman–Crippen LogP) is 1.31. The molecule has 0 amide bonds. The Morgan fingerprint density at radius 3 is 2.73 bits per heavy atom. The van der Waals surface area contributed by atoms with Crippen molar-refractivity contribution in [3.8, 4) is 5.40 Å². The highest BCUT2D eigenvalue weighted by Gasteiger charge is 2.23. The van der Waals surface area contributed by atoms with E-state index >= 15 is 0 Å². The largest absolute Gasteiger partial charge is 0.367 e. The number of nitro groups is 1. The van der Waals surface area contributed by atoms with Crippen molar-refractivity contribution < 1.29 is 4.92 Å².